The van der Waals surface area contributed by atoms with Crippen LogP contribution in [0.4, 0.5) is 0 Å². The fourth-order valence-electron chi connectivity index (χ4n) is 1.79. The second-order valence-electron chi connectivity index (χ2n) is 4.80. The molecule has 0 aliphatic heterocycles. The van der Waals surface area contributed by atoms with Gasteiger partial charge in [0, 0.05) is 12.1 Å². The Morgan fingerprint density at radius 2 is 1.62 bits per heavy atom. The van der Waals surface area contributed by atoms with Crippen LogP contribution in [-0.4, -0.2) is 23.6 Å². The van der Waals surface area contributed by atoms with Gasteiger partial charge in [-0.3, -0.25) is 0 Å². The van der Waals surface area contributed by atoms with Crippen LogP contribution in [0.1, 0.15) is 60.3 Å². The molecule has 0 spiro atoms. The van der Waals surface area contributed by atoms with Crippen molar-refractivity contribution in [2.75, 3.05) is 6.54 Å². The lowest BCUT2D eigenvalue weighted by atomic mass is 9.79. The van der Waals surface area contributed by atoms with Crippen LogP contribution in [-0.2, 0) is 0 Å². The Kier molecular flexibility index (Phi) is 6.54. The van der Waals surface area contributed by atoms with E-state index in [1.54, 1.807) is 0 Å². The van der Waals surface area contributed by atoms with E-state index in [1.165, 1.54) is 0 Å². The molecule has 0 radical (unpaired) electrons. The molecule has 0 aromatic heterocycles. The summed E-state index contributed by atoms with van der Waals surface area (Å²) in [7, 11) is 0. The van der Waals surface area contributed by atoms with E-state index in [-0.39, 0.29) is 11.1 Å². The highest BCUT2D eigenvalue weighted by molar-refractivity contribution is 5.42. The van der Waals surface area contributed by atoms with Crippen molar-refractivity contribution in [2.45, 2.75) is 71.4 Å². The summed E-state index contributed by atoms with van der Waals surface area (Å²) in [6.45, 7) is 11.3. The van der Waals surface area contributed by atoms with E-state index < -0.39 is 0 Å². The number of nitrogens with zero attached hydrogens (tertiary/aromatic N) is 2. The molecule has 0 saturated heterocycles. The molecule has 0 aliphatic carbocycles. The Morgan fingerprint density at radius 1 is 1.06 bits per heavy atom. The highest BCUT2D eigenvalue weighted by atomic mass is 14.9. The summed E-state index contributed by atoms with van der Waals surface area (Å²) in [5.41, 5.74) is 6.00. The minimum atomic E-state index is -0.149. The first-order valence-corrected chi connectivity index (χ1v) is 6.37. The van der Waals surface area contributed by atoms with E-state index in [1.807, 2.05) is 6.92 Å². The Bertz CT molecular complexity index is 246. The van der Waals surface area contributed by atoms with Gasteiger partial charge in [-0.05, 0) is 39.5 Å². The molecule has 1 unspecified atom stereocenters. The van der Waals surface area contributed by atoms with Gasteiger partial charge in [-0.25, -0.2) is 9.98 Å². The first-order chi connectivity index (χ1) is 7.45. The molecule has 0 aliphatic rings. The number of rotatable bonds is 7. The van der Waals surface area contributed by atoms with Crippen molar-refractivity contribution in [3.05, 3.63) is 0 Å². The summed E-state index contributed by atoms with van der Waals surface area (Å²) < 4.78 is 0. The quantitative estimate of drug-likeness (QED) is 0.664. The molecule has 3 heteroatoms. The van der Waals surface area contributed by atoms with E-state index in [0.29, 0.717) is 0 Å². The van der Waals surface area contributed by atoms with E-state index in [2.05, 4.69) is 43.7 Å². The Balaban J connectivity index is 4.89. The topological polar surface area (TPSA) is 50.7 Å². The Morgan fingerprint density at radius 3 is 2.00 bits per heavy atom. The fourth-order valence-corrected chi connectivity index (χ4v) is 1.79. The summed E-state index contributed by atoms with van der Waals surface area (Å²) in [6, 6.07) is 2.82. The van der Waals surface area contributed by atoms with Gasteiger partial charge in [0.25, 0.3) is 0 Å². The molecule has 0 fully saturated rings. The second-order valence-corrected chi connectivity index (χ2v) is 4.80. The third kappa shape index (κ3) is 4.91. The molecule has 94 valence electrons. The van der Waals surface area contributed by atoms with Gasteiger partial charge < -0.3 is 5.73 Å². The van der Waals surface area contributed by atoms with Crippen LogP contribution in [0.5, 0.6) is 0 Å². The SMILES string of the molecule is CCN=C=NC(CC)(CC)CC(C)(N)CC. The number of hydrogen-bond donors (Lipinski definition) is 1. The number of aliphatic imine (C=N–C) groups is 2. The molecule has 0 aromatic rings. The number of nitrogens with two attached hydrogens (primary N) is 1. The molecule has 3 nitrogen and oxygen atoms in total. The minimum absolute atomic E-state index is 0.0851. The fraction of sp³-hybridized carbons (Fsp3) is 0.923. The molecule has 0 bridgehead atoms. The molecule has 0 amide bonds. The maximum absolute atomic E-state index is 6.24. The van der Waals surface area contributed by atoms with Gasteiger partial charge in [0.05, 0.1) is 11.5 Å². The van der Waals surface area contributed by atoms with Gasteiger partial charge in [0.2, 0.25) is 0 Å². The van der Waals surface area contributed by atoms with Crippen LogP contribution < -0.4 is 5.73 Å². The van der Waals surface area contributed by atoms with Crippen molar-refractivity contribution in [2.24, 2.45) is 15.7 Å². The summed E-state index contributed by atoms with van der Waals surface area (Å²) >= 11 is 0. The highest BCUT2D eigenvalue weighted by Gasteiger charge is 2.32. The van der Waals surface area contributed by atoms with Gasteiger partial charge in [-0.1, -0.05) is 20.8 Å². The Labute approximate surface area is 100 Å². The molecule has 0 saturated carbocycles. The molecule has 16 heavy (non-hydrogen) atoms. The van der Waals surface area contributed by atoms with Crippen molar-refractivity contribution in [3.63, 3.8) is 0 Å². The number of hydrogen-bond acceptors (Lipinski definition) is 3. The molecular weight excluding hydrogens is 198 g/mol. The maximum Gasteiger partial charge on any atom is 0.0898 e. The monoisotopic (exact) mass is 225 g/mol. The largest absolute Gasteiger partial charge is 0.325 e. The molecule has 1 atom stereocenters. The van der Waals surface area contributed by atoms with Crippen molar-refractivity contribution in [3.8, 4) is 0 Å². The van der Waals surface area contributed by atoms with Crippen molar-refractivity contribution >= 4 is 6.01 Å². The Hall–Kier alpha value is -0.660. The molecular formula is C13H27N3. The van der Waals surface area contributed by atoms with Crippen LogP contribution in [0.3, 0.4) is 0 Å². The van der Waals surface area contributed by atoms with E-state index in [0.717, 1.165) is 32.2 Å². The van der Waals surface area contributed by atoms with Crippen LogP contribution >= 0.6 is 0 Å². The van der Waals surface area contributed by atoms with E-state index >= 15 is 0 Å². The lowest BCUT2D eigenvalue weighted by molar-refractivity contribution is 0.273. The van der Waals surface area contributed by atoms with E-state index in [9.17, 15) is 0 Å². The lowest BCUT2D eigenvalue weighted by Crippen LogP contribution is -2.44. The zero-order valence-corrected chi connectivity index (χ0v) is 11.5. The lowest BCUT2D eigenvalue weighted by Gasteiger charge is -2.34. The normalized spacial score (nSPS) is 15.1. The van der Waals surface area contributed by atoms with Crippen LogP contribution in [0.25, 0.3) is 0 Å². The average molecular weight is 225 g/mol. The first kappa shape index (κ1) is 15.3. The van der Waals surface area contributed by atoms with Crippen LogP contribution in [0, 0.1) is 0 Å². The molecule has 0 rings (SSSR count). The zero-order valence-electron chi connectivity index (χ0n) is 11.5. The maximum atomic E-state index is 6.24. The van der Waals surface area contributed by atoms with Gasteiger partial charge in [-0.15, -0.1) is 0 Å². The molecule has 0 heterocycles. The zero-order chi connectivity index (χ0) is 12.7. The predicted molar refractivity (Wildman–Crippen MR) is 71.2 cm³/mol. The second kappa shape index (κ2) is 6.82. The summed E-state index contributed by atoms with van der Waals surface area (Å²) in [5, 5.41) is 0. The van der Waals surface area contributed by atoms with Crippen LogP contribution in [0.15, 0.2) is 9.98 Å². The van der Waals surface area contributed by atoms with Gasteiger partial charge in [-0.2, -0.15) is 0 Å². The van der Waals surface area contributed by atoms with Crippen molar-refractivity contribution < 1.29 is 0 Å². The third-order valence-electron chi connectivity index (χ3n) is 3.37. The summed E-state index contributed by atoms with van der Waals surface area (Å²) in [6.07, 6.45) is 3.84. The third-order valence-corrected chi connectivity index (χ3v) is 3.37. The highest BCUT2D eigenvalue weighted by Crippen LogP contribution is 2.30. The molecule has 2 N–H and O–H groups in total. The van der Waals surface area contributed by atoms with E-state index in [4.69, 9.17) is 5.73 Å². The standard InChI is InChI=1S/C13H27N3/c1-6-12(5,14)10-13(7-2,8-3)16-11-15-9-4/h6-10,14H2,1-5H3. The molecule has 0 aromatic carbocycles. The van der Waals surface area contributed by atoms with Gasteiger partial charge in [0.1, 0.15) is 0 Å². The predicted octanol–water partition coefficient (Wildman–Crippen LogP) is 3.26. The minimum Gasteiger partial charge on any atom is -0.325 e. The van der Waals surface area contributed by atoms with Gasteiger partial charge in [0.15, 0.2) is 0 Å². The van der Waals surface area contributed by atoms with Crippen molar-refractivity contribution in [1.29, 1.82) is 0 Å². The summed E-state index contributed by atoms with van der Waals surface area (Å²) in [4.78, 5) is 8.57. The first-order valence-electron chi connectivity index (χ1n) is 6.37. The smallest absolute Gasteiger partial charge is 0.0898 e. The van der Waals surface area contributed by atoms with Crippen molar-refractivity contribution in [1.82, 2.24) is 0 Å². The summed E-state index contributed by atoms with van der Waals surface area (Å²) in [5.74, 6) is 0. The van der Waals surface area contributed by atoms with Gasteiger partial charge >= 0.3 is 0 Å². The average Bonchev–Trinajstić information content (AvgIpc) is 2.28. The van der Waals surface area contributed by atoms with Crippen LogP contribution in [0.2, 0.25) is 0 Å².